The topological polar surface area (TPSA) is 55.0 Å². The van der Waals surface area contributed by atoms with E-state index in [0.29, 0.717) is 11.5 Å². The van der Waals surface area contributed by atoms with Gasteiger partial charge in [-0.2, -0.15) is 0 Å². The number of methoxy groups -OCH3 is 1. The predicted molar refractivity (Wildman–Crippen MR) is 70.9 cm³/mol. The summed E-state index contributed by atoms with van der Waals surface area (Å²) in [6, 6.07) is 9.00. The Morgan fingerprint density at radius 3 is 2.44 bits per heavy atom. The van der Waals surface area contributed by atoms with Crippen molar-refractivity contribution in [1.82, 2.24) is 9.97 Å². The molecule has 0 bridgehead atoms. The number of ether oxygens (including phenoxy) is 1. The van der Waals surface area contributed by atoms with Crippen molar-refractivity contribution >= 4 is 0 Å². The standard InChI is InChI=1S/C14H16N2O2/c1-9(2)14-15-12(8-13(17)16-14)10-4-6-11(18-3)7-5-10/h4-9H,1-3H3,(H,15,16,17). The third-order valence-electron chi connectivity index (χ3n) is 2.69. The number of hydrogen-bond acceptors (Lipinski definition) is 3. The highest BCUT2D eigenvalue weighted by molar-refractivity contribution is 5.59. The zero-order valence-corrected chi connectivity index (χ0v) is 10.7. The van der Waals surface area contributed by atoms with Gasteiger partial charge >= 0.3 is 0 Å². The first-order chi connectivity index (χ1) is 8.60. The van der Waals surface area contributed by atoms with E-state index in [-0.39, 0.29) is 11.5 Å². The lowest BCUT2D eigenvalue weighted by molar-refractivity contribution is 0.415. The predicted octanol–water partition coefficient (Wildman–Crippen LogP) is 2.57. The second-order valence-corrected chi connectivity index (χ2v) is 4.40. The van der Waals surface area contributed by atoms with Gasteiger partial charge in [0, 0.05) is 17.5 Å². The Kier molecular flexibility index (Phi) is 3.46. The van der Waals surface area contributed by atoms with Crippen LogP contribution in [0.25, 0.3) is 11.3 Å². The minimum absolute atomic E-state index is 0.125. The van der Waals surface area contributed by atoms with E-state index < -0.39 is 0 Å². The van der Waals surface area contributed by atoms with Crippen molar-refractivity contribution in [2.75, 3.05) is 7.11 Å². The van der Waals surface area contributed by atoms with E-state index in [1.807, 2.05) is 38.1 Å². The van der Waals surface area contributed by atoms with E-state index in [9.17, 15) is 4.79 Å². The van der Waals surface area contributed by atoms with Crippen molar-refractivity contribution in [3.05, 3.63) is 46.5 Å². The molecule has 4 heteroatoms. The maximum Gasteiger partial charge on any atom is 0.251 e. The fourth-order valence-corrected chi connectivity index (χ4v) is 1.66. The fourth-order valence-electron chi connectivity index (χ4n) is 1.66. The van der Waals surface area contributed by atoms with Crippen molar-refractivity contribution in [2.45, 2.75) is 19.8 Å². The molecule has 1 aromatic heterocycles. The van der Waals surface area contributed by atoms with Crippen LogP contribution in [0.4, 0.5) is 0 Å². The fraction of sp³-hybridized carbons (Fsp3) is 0.286. The van der Waals surface area contributed by atoms with Gasteiger partial charge in [0.05, 0.1) is 12.8 Å². The van der Waals surface area contributed by atoms with Gasteiger partial charge in [0.15, 0.2) is 0 Å². The van der Waals surface area contributed by atoms with Crippen molar-refractivity contribution < 1.29 is 4.74 Å². The van der Waals surface area contributed by atoms with Crippen molar-refractivity contribution in [2.24, 2.45) is 0 Å². The van der Waals surface area contributed by atoms with Gasteiger partial charge < -0.3 is 9.72 Å². The molecule has 94 valence electrons. The Hall–Kier alpha value is -2.10. The number of aromatic nitrogens is 2. The molecule has 18 heavy (non-hydrogen) atoms. The average molecular weight is 244 g/mol. The average Bonchev–Trinajstić information content (AvgIpc) is 2.38. The van der Waals surface area contributed by atoms with Crippen LogP contribution in [-0.2, 0) is 0 Å². The molecule has 0 unspecified atom stereocenters. The number of nitrogens with one attached hydrogen (secondary N) is 1. The second kappa shape index (κ2) is 5.04. The van der Waals surface area contributed by atoms with Gasteiger partial charge in [-0.1, -0.05) is 13.8 Å². The monoisotopic (exact) mass is 244 g/mol. The van der Waals surface area contributed by atoms with Crippen molar-refractivity contribution in [3.8, 4) is 17.0 Å². The molecular weight excluding hydrogens is 228 g/mol. The molecule has 1 heterocycles. The smallest absolute Gasteiger partial charge is 0.251 e. The molecule has 0 atom stereocenters. The number of benzene rings is 1. The maximum absolute atomic E-state index is 11.6. The Morgan fingerprint density at radius 2 is 1.89 bits per heavy atom. The number of rotatable bonds is 3. The first-order valence-electron chi connectivity index (χ1n) is 5.86. The molecule has 1 N–H and O–H groups in total. The lowest BCUT2D eigenvalue weighted by atomic mass is 10.1. The molecule has 0 amide bonds. The molecule has 0 saturated heterocycles. The van der Waals surface area contributed by atoms with Gasteiger partial charge in [0.1, 0.15) is 11.6 Å². The van der Waals surface area contributed by atoms with E-state index in [1.165, 1.54) is 6.07 Å². The highest BCUT2D eigenvalue weighted by atomic mass is 16.5. The van der Waals surface area contributed by atoms with Crippen LogP contribution in [0.15, 0.2) is 35.1 Å². The zero-order chi connectivity index (χ0) is 13.1. The van der Waals surface area contributed by atoms with Crippen LogP contribution in [0.3, 0.4) is 0 Å². The van der Waals surface area contributed by atoms with Crippen molar-refractivity contribution in [1.29, 1.82) is 0 Å². The van der Waals surface area contributed by atoms with E-state index in [4.69, 9.17) is 4.74 Å². The minimum Gasteiger partial charge on any atom is -0.497 e. The molecule has 0 aliphatic heterocycles. The largest absolute Gasteiger partial charge is 0.497 e. The summed E-state index contributed by atoms with van der Waals surface area (Å²) in [5.41, 5.74) is 1.47. The van der Waals surface area contributed by atoms with E-state index in [1.54, 1.807) is 7.11 Å². The molecule has 2 aromatic rings. The van der Waals surface area contributed by atoms with Gasteiger partial charge in [0.25, 0.3) is 5.56 Å². The molecule has 0 aliphatic carbocycles. The van der Waals surface area contributed by atoms with Gasteiger partial charge in [-0.05, 0) is 24.3 Å². The zero-order valence-electron chi connectivity index (χ0n) is 10.7. The van der Waals surface area contributed by atoms with Crippen LogP contribution < -0.4 is 10.3 Å². The molecule has 2 rings (SSSR count). The Bertz CT molecular complexity index is 585. The summed E-state index contributed by atoms with van der Waals surface area (Å²) in [6.45, 7) is 3.99. The van der Waals surface area contributed by atoms with Crippen LogP contribution in [0.5, 0.6) is 5.75 Å². The van der Waals surface area contributed by atoms with Gasteiger partial charge in [0.2, 0.25) is 0 Å². The van der Waals surface area contributed by atoms with Crippen LogP contribution >= 0.6 is 0 Å². The lowest BCUT2D eigenvalue weighted by Crippen LogP contribution is -2.12. The van der Waals surface area contributed by atoms with Gasteiger partial charge in [-0.15, -0.1) is 0 Å². The molecule has 0 fully saturated rings. The summed E-state index contributed by atoms with van der Waals surface area (Å²) in [4.78, 5) is 18.8. The third kappa shape index (κ3) is 2.59. The quantitative estimate of drug-likeness (QED) is 0.902. The molecule has 4 nitrogen and oxygen atoms in total. The van der Waals surface area contributed by atoms with Gasteiger partial charge in [-0.3, -0.25) is 4.79 Å². The van der Waals surface area contributed by atoms with Gasteiger partial charge in [-0.25, -0.2) is 4.98 Å². The number of hydrogen-bond donors (Lipinski definition) is 1. The lowest BCUT2D eigenvalue weighted by Gasteiger charge is -2.07. The number of aromatic amines is 1. The highest BCUT2D eigenvalue weighted by Gasteiger charge is 2.07. The third-order valence-corrected chi connectivity index (χ3v) is 2.69. The summed E-state index contributed by atoms with van der Waals surface area (Å²) in [6.07, 6.45) is 0. The molecule has 0 spiro atoms. The maximum atomic E-state index is 11.6. The number of nitrogens with zero attached hydrogens (tertiary/aromatic N) is 1. The first kappa shape index (κ1) is 12.4. The SMILES string of the molecule is COc1ccc(-c2cc(=O)[nH]c(C(C)C)n2)cc1. The Morgan fingerprint density at radius 1 is 1.22 bits per heavy atom. The first-order valence-corrected chi connectivity index (χ1v) is 5.86. The summed E-state index contributed by atoms with van der Waals surface area (Å²) in [7, 11) is 1.62. The molecule has 1 aromatic carbocycles. The summed E-state index contributed by atoms with van der Waals surface area (Å²) < 4.78 is 5.10. The molecule has 0 saturated carbocycles. The second-order valence-electron chi connectivity index (χ2n) is 4.40. The van der Waals surface area contributed by atoms with Crippen LogP contribution in [0.1, 0.15) is 25.6 Å². The molecule has 0 radical (unpaired) electrons. The van der Waals surface area contributed by atoms with E-state index in [2.05, 4.69) is 9.97 Å². The van der Waals surface area contributed by atoms with Crippen molar-refractivity contribution in [3.63, 3.8) is 0 Å². The normalized spacial score (nSPS) is 10.7. The molecular formula is C14H16N2O2. The van der Waals surface area contributed by atoms with Crippen LogP contribution in [0, 0.1) is 0 Å². The molecule has 0 aliphatic rings. The van der Waals surface area contributed by atoms with Crippen LogP contribution in [-0.4, -0.2) is 17.1 Å². The Balaban J connectivity index is 2.46. The van der Waals surface area contributed by atoms with E-state index in [0.717, 1.165) is 11.3 Å². The van der Waals surface area contributed by atoms with Crippen LogP contribution in [0.2, 0.25) is 0 Å². The minimum atomic E-state index is -0.125. The number of H-pyrrole nitrogens is 1. The summed E-state index contributed by atoms with van der Waals surface area (Å²) in [5, 5.41) is 0. The Labute approximate surface area is 106 Å². The summed E-state index contributed by atoms with van der Waals surface area (Å²) in [5.74, 6) is 1.68. The highest BCUT2D eigenvalue weighted by Crippen LogP contribution is 2.20. The van der Waals surface area contributed by atoms with E-state index >= 15 is 0 Å². The summed E-state index contributed by atoms with van der Waals surface area (Å²) >= 11 is 0.